The van der Waals surface area contributed by atoms with Gasteiger partial charge in [-0.25, -0.2) is 0 Å². The van der Waals surface area contributed by atoms with Gasteiger partial charge in [-0.05, 0) is 32.2 Å². The Morgan fingerprint density at radius 1 is 1.08 bits per heavy atom. The predicted molar refractivity (Wildman–Crippen MR) is 92.1 cm³/mol. The molecule has 1 aliphatic rings. The van der Waals surface area contributed by atoms with Crippen LogP contribution in [0.2, 0.25) is 0 Å². The van der Waals surface area contributed by atoms with Gasteiger partial charge in [0.1, 0.15) is 18.1 Å². The van der Waals surface area contributed by atoms with E-state index in [1.54, 1.807) is 13.8 Å². The van der Waals surface area contributed by atoms with E-state index in [0.29, 0.717) is 6.42 Å². The van der Waals surface area contributed by atoms with Crippen LogP contribution in [0.5, 0.6) is 0 Å². The van der Waals surface area contributed by atoms with Gasteiger partial charge in [-0.2, -0.15) is 0 Å². The number of carboxylic acids is 1. The van der Waals surface area contributed by atoms with Crippen molar-refractivity contribution in [2.45, 2.75) is 57.8 Å². The lowest BCUT2D eigenvalue weighted by Crippen LogP contribution is -2.59. The molecule has 148 valence electrons. The average Bonchev–Trinajstić information content (AvgIpc) is 3.11. The zero-order valence-corrected chi connectivity index (χ0v) is 15.2. The highest BCUT2D eigenvalue weighted by atomic mass is 16.4. The van der Waals surface area contributed by atoms with Crippen LogP contribution in [0, 0.1) is 5.92 Å². The lowest BCUT2D eigenvalue weighted by atomic mass is 10.0. The lowest BCUT2D eigenvalue weighted by molar-refractivity contribution is -0.142. The van der Waals surface area contributed by atoms with E-state index in [4.69, 9.17) is 5.11 Å². The molecule has 1 aliphatic heterocycles. The lowest BCUT2D eigenvalue weighted by Gasteiger charge is -2.26. The number of carbonyl (C=O) groups is 4. The first-order chi connectivity index (χ1) is 12.2. The number of hydrogen-bond acceptors (Lipinski definition) is 6. The summed E-state index contributed by atoms with van der Waals surface area (Å²) < 4.78 is 0. The molecular weight excluding hydrogens is 344 g/mol. The van der Waals surface area contributed by atoms with Gasteiger partial charge in [0.25, 0.3) is 0 Å². The van der Waals surface area contributed by atoms with E-state index < -0.39 is 42.5 Å². The molecule has 0 aromatic heterocycles. The topological polar surface area (TPSA) is 157 Å². The standard InChI is InChI=1S/C16H28N4O6/c1-8(2)12(20-13(22)10-5-4-6-17-10)15(24)19-11(7-21)14(23)18-9(3)16(25)26/h8-12,17,21H,4-7H2,1-3H3,(H,18,23)(H,19,24)(H,20,22)(H,25,26)/t9-,10-,11-,12-/m0/s1. The third-order valence-electron chi connectivity index (χ3n) is 4.17. The number of aliphatic hydroxyl groups is 1. The van der Waals surface area contributed by atoms with Gasteiger partial charge in [-0.1, -0.05) is 13.8 Å². The van der Waals surface area contributed by atoms with Crippen LogP contribution in [0.3, 0.4) is 0 Å². The van der Waals surface area contributed by atoms with E-state index in [0.717, 1.165) is 13.0 Å². The Kier molecular flexibility index (Phi) is 8.46. The Labute approximate surface area is 152 Å². The largest absolute Gasteiger partial charge is 0.480 e. The van der Waals surface area contributed by atoms with Crippen molar-refractivity contribution in [2.24, 2.45) is 5.92 Å². The maximum atomic E-state index is 12.5. The van der Waals surface area contributed by atoms with Crippen molar-refractivity contribution in [3.63, 3.8) is 0 Å². The number of rotatable bonds is 9. The molecule has 0 radical (unpaired) electrons. The molecule has 26 heavy (non-hydrogen) atoms. The molecule has 0 aromatic carbocycles. The molecule has 0 unspecified atom stereocenters. The second-order valence-corrected chi connectivity index (χ2v) is 6.69. The van der Waals surface area contributed by atoms with Crippen molar-refractivity contribution in [3.8, 4) is 0 Å². The third-order valence-corrected chi connectivity index (χ3v) is 4.17. The Morgan fingerprint density at radius 3 is 2.19 bits per heavy atom. The highest BCUT2D eigenvalue weighted by Gasteiger charge is 2.31. The normalized spacial score (nSPS) is 20.1. The molecule has 4 atom stereocenters. The number of carboxylic acid groups (broad SMARTS) is 1. The van der Waals surface area contributed by atoms with Crippen molar-refractivity contribution < 1.29 is 29.4 Å². The van der Waals surface area contributed by atoms with Crippen LogP contribution in [0.1, 0.15) is 33.6 Å². The minimum Gasteiger partial charge on any atom is -0.480 e. The van der Waals surface area contributed by atoms with Crippen LogP contribution in [0.4, 0.5) is 0 Å². The van der Waals surface area contributed by atoms with E-state index in [1.165, 1.54) is 6.92 Å². The Bertz CT molecular complexity index is 533. The van der Waals surface area contributed by atoms with Crippen molar-refractivity contribution in [2.75, 3.05) is 13.2 Å². The third kappa shape index (κ3) is 6.26. The fourth-order valence-electron chi connectivity index (χ4n) is 2.53. The predicted octanol–water partition coefficient (Wildman–Crippen LogP) is -2.05. The first-order valence-electron chi connectivity index (χ1n) is 8.65. The zero-order chi connectivity index (χ0) is 19.9. The zero-order valence-electron chi connectivity index (χ0n) is 15.2. The van der Waals surface area contributed by atoms with Crippen molar-refractivity contribution in [3.05, 3.63) is 0 Å². The summed E-state index contributed by atoms with van der Waals surface area (Å²) in [6.07, 6.45) is 1.57. The summed E-state index contributed by atoms with van der Waals surface area (Å²) >= 11 is 0. The first kappa shape index (κ1) is 21.8. The summed E-state index contributed by atoms with van der Waals surface area (Å²) in [5, 5.41) is 28.4. The molecule has 10 heteroatoms. The van der Waals surface area contributed by atoms with Gasteiger partial charge < -0.3 is 31.5 Å². The molecule has 3 amide bonds. The fourth-order valence-corrected chi connectivity index (χ4v) is 2.53. The highest BCUT2D eigenvalue weighted by Crippen LogP contribution is 2.08. The van der Waals surface area contributed by atoms with Crippen LogP contribution in [0.25, 0.3) is 0 Å². The number of aliphatic hydroxyl groups excluding tert-OH is 1. The van der Waals surface area contributed by atoms with Crippen LogP contribution < -0.4 is 21.3 Å². The Hall–Kier alpha value is -2.20. The van der Waals surface area contributed by atoms with E-state index in [2.05, 4.69) is 21.3 Å². The van der Waals surface area contributed by atoms with Crippen molar-refractivity contribution in [1.29, 1.82) is 0 Å². The number of hydrogen-bond donors (Lipinski definition) is 6. The van der Waals surface area contributed by atoms with Crippen molar-refractivity contribution >= 4 is 23.7 Å². The number of amides is 3. The molecular formula is C16H28N4O6. The average molecular weight is 372 g/mol. The molecule has 1 fully saturated rings. The highest BCUT2D eigenvalue weighted by molar-refractivity contribution is 5.94. The molecule has 0 spiro atoms. The number of aliphatic carboxylic acids is 1. The summed E-state index contributed by atoms with van der Waals surface area (Å²) in [7, 11) is 0. The summed E-state index contributed by atoms with van der Waals surface area (Å²) in [5.74, 6) is -3.22. The molecule has 6 N–H and O–H groups in total. The van der Waals surface area contributed by atoms with E-state index in [1.807, 2.05) is 0 Å². The minimum atomic E-state index is -1.31. The summed E-state index contributed by atoms with van der Waals surface area (Å²) in [6.45, 7) is 4.79. The Morgan fingerprint density at radius 2 is 1.73 bits per heavy atom. The van der Waals surface area contributed by atoms with E-state index in [9.17, 15) is 24.3 Å². The van der Waals surface area contributed by atoms with Crippen LogP contribution in [-0.2, 0) is 19.2 Å². The quantitative estimate of drug-likeness (QED) is 0.272. The van der Waals surface area contributed by atoms with Gasteiger partial charge in [-0.3, -0.25) is 19.2 Å². The molecule has 1 saturated heterocycles. The second kappa shape index (κ2) is 10.1. The van der Waals surface area contributed by atoms with E-state index >= 15 is 0 Å². The maximum absolute atomic E-state index is 12.5. The smallest absolute Gasteiger partial charge is 0.325 e. The molecule has 10 nitrogen and oxygen atoms in total. The molecule has 0 aliphatic carbocycles. The molecule has 0 bridgehead atoms. The fraction of sp³-hybridized carbons (Fsp3) is 0.750. The van der Waals surface area contributed by atoms with E-state index in [-0.39, 0.29) is 17.9 Å². The van der Waals surface area contributed by atoms with Gasteiger partial charge in [0.05, 0.1) is 12.6 Å². The molecule has 0 aromatic rings. The molecule has 0 saturated carbocycles. The number of nitrogens with one attached hydrogen (secondary N) is 4. The van der Waals surface area contributed by atoms with Gasteiger partial charge in [0, 0.05) is 0 Å². The van der Waals surface area contributed by atoms with Gasteiger partial charge in [0.15, 0.2) is 0 Å². The van der Waals surface area contributed by atoms with Crippen molar-refractivity contribution in [1.82, 2.24) is 21.3 Å². The number of carbonyl (C=O) groups excluding carboxylic acids is 3. The first-order valence-corrected chi connectivity index (χ1v) is 8.65. The van der Waals surface area contributed by atoms with Gasteiger partial charge in [0.2, 0.25) is 17.7 Å². The summed E-state index contributed by atoms with van der Waals surface area (Å²) in [4.78, 5) is 47.5. The minimum absolute atomic E-state index is 0.249. The van der Waals surface area contributed by atoms with Gasteiger partial charge in [-0.15, -0.1) is 0 Å². The van der Waals surface area contributed by atoms with Crippen LogP contribution >= 0.6 is 0 Å². The summed E-state index contributed by atoms with van der Waals surface area (Å²) in [5.41, 5.74) is 0. The maximum Gasteiger partial charge on any atom is 0.325 e. The van der Waals surface area contributed by atoms with Crippen LogP contribution in [-0.4, -0.2) is 71.2 Å². The molecule has 1 heterocycles. The second-order valence-electron chi connectivity index (χ2n) is 6.69. The SMILES string of the molecule is CC(C)[C@H](NC(=O)[C@@H]1CCCN1)C(=O)N[C@@H](CO)C(=O)N[C@@H](C)C(=O)O. The monoisotopic (exact) mass is 372 g/mol. The Balaban J connectivity index is 2.69. The van der Waals surface area contributed by atoms with Crippen LogP contribution in [0.15, 0.2) is 0 Å². The van der Waals surface area contributed by atoms with Gasteiger partial charge >= 0.3 is 5.97 Å². The summed E-state index contributed by atoms with van der Waals surface area (Å²) in [6, 6.07) is -3.71. The molecule has 1 rings (SSSR count).